The maximum absolute atomic E-state index is 11.1. The molecule has 0 bridgehead atoms. The van der Waals surface area contributed by atoms with E-state index >= 15 is 0 Å². The molecule has 0 aliphatic carbocycles. The predicted octanol–water partition coefficient (Wildman–Crippen LogP) is 3.34. The van der Waals surface area contributed by atoms with Crippen molar-refractivity contribution in [2.45, 2.75) is 45.6 Å². The number of nitrogens with zero attached hydrogens (tertiary/aromatic N) is 2. The Labute approximate surface area is 146 Å². The summed E-state index contributed by atoms with van der Waals surface area (Å²) in [6.45, 7) is 7.55. The Balaban J connectivity index is 1.51. The average Bonchev–Trinajstić information content (AvgIpc) is 2.74. The Bertz CT molecular complexity index is 547. The Kier molecular flexibility index (Phi) is 5.57. The van der Waals surface area contributed by atoms with Crippen molar-refractivity contribution in [1.82, 2.24) is 9.80 Å². The third kappa shape index (κ3) is 4.58. The molecule has 4 heteroatoms. The second kappa shape index (κ2) is 7.66. The molecule has 4 nitrogen and oxygen atoms in total. The van der Waals surface area contributed by atoms with Gasteiger partial charge in [0.1, 0.15) is 0 Å². The van der Waals surface area contributed by atoms with Gasteiger partial charge in [-0.15, -0.1) is 0 Å². The lowest BCUT2D eigenvalue weighted by Crippen LogP contribution is -2.40. The van der Waals surface area contributed by atoms with Crippen LogP contribution in [0.25, 0.3) is 0 Å². The van der Waals surface area contributed by atoms with E-state index in [0.717, 1.165) is 12.2 Å². The standard InChI is InChI=1S/C20H31N3O/c1-17(24)21-19-6-4-18(5-7-19)16-23-14-10-20(11-15-23)8-3-12-22(2)13-9-20/h4-7H,3,8-16H2,1-2H3,(H,21,24). The van der Waals surface area contributed by atoms with Crippen LogP contribution in [0.3, 0.4) is 0 Å². The van der Waals surface area contributed by atoms with Gasteiger partial charge in [-0.3, -0.25) is 9.69 Å². The van der Waals surface area contributed by atoms with Crippen LogP contribution >= 0.6 is 0 Å². The van der Waals surface area contributed by atoms with Crippen molar-refractivity contribution in [3.05, 3.63) is 29.8 Å². The fourth-order valence-corrected chi connectivity index (χ4v) is 4.23. The van der Waals surface area contributed by atoms with Crippen LogP contribution in [0.4, 0.5) is 5.69 Å². The fraction of sp³-hybridized carbons (Fsp3) is 0.650. The molecule has 2 heterocycles. The van der Waals surface area contributed by atoms with Gasteiger partial charge in [-0.25, -0.2) is 0 Å². The summed E-state index contributed by atoms with van der Waals surface area (Å²) in [5.41, 5.74) is 2.82. The van der Waals surface area contributed by atoms with E-state index in [1.165, 1.54) is 63.8 Å². The molecule has 0 radical (unpaired) electrons. The molecule has 1 N–H and O–H groups in total. The van der Waals surface area contributed by atoms with Gasteiger partial charge in [-0.1, -0.05) is 12.1 Å². The highest BCUT2D eigenvalue weighted by Gasteiger charge is 2.35. The molecule has 2 aliphatic rings. The Hall–Kier alpha value is -1.39. The van der Waals surface area contributed by atoms with Crippen LogP contribution in [0.5, 0.6) is 0 Å². The molecule has 24 heavy (non-hydrogen) atoms. The number of hydrogen-bond donors (Lipinski definition) is 1. The molecule has 2 aliphatic heterocycles. The zero-order valence-electron chi connectivity index (χ0n) is 15.2. The Morgan fingerprint density at radius 1 is 1.04 bits per heavy atom. The van der Waals surface area contributed by atoms with E-state index < -0.39 is 0 Å². The summed E-state index contributed by atoms with van der Waals surface area (Å²) in [5, 5.41) is 2.83. The van der Waals surface area contributed by atoms with E-state index in [2.05, 4.69) is 34.3 Å². The second-order valence-corrected chi connectivity index (χ2v) is 7.81. The minimum Gasteiger partial charge on any atom is -0.326 e. The van der Waals surface area contributed by atoms with Gasteiger partial charge < -0.3 is 10.2 Å². The van der Waals surface area contributed by atoms with Crippen molar-refractivity contribution in [2.75, 3.05) is 38.5 Å². The zero-order chi connectivity index (χ0) is 17.0. The number of nitrogens with one attached hydrogen (secondary N) is 1. The van der Waals surface area contributed by atoms with E-state index in [9.17, 15) is 4.79 Å². The molecule has 1 amide bonds. The molecule has 132 valence electrons. The molecule has 0 atom stereocenters. The number of amides is 1. The molecule has 3 rings (SSSR count). The number of likely N-dealkylation sites (tertiary alicyclic amines) is 2. The molecule has 1 aromatic carbocycles. The number of benzene rings is 1. The van der Waals surface area contributed by atoms with Crippen LogP contribution in [0.15, 0.2) is 24.3 Å². The first-order chi connectivity index (χ1) is 11.5. The smallest absolute Gasteiger partial charge is 0.221 e. The summed E-state index contributed by atoms with van der Waals surface area (Å²) in [7, 11) is 2.26. The van der Waals surface area contributed by atoms with Gasteiger partial charge in [0.15, 0.2) is 0 Å². The summed E-state index contributed by atoms with van der Waals surface area (Å²) in [6.07, 6.45) is 6.86. The van der Waals surface area contributed by atoms with Crippen LogP contribution in [0, 0.1) is 5.41 Å². The first-order valence-electron chi connectivity index (χ1n) is 9.32. The van der Waals surface area contributed by atoms with Crippen molar-refractivity contribution in [2.24, 2.45) is 5.41 Å². The number of carbonyl (C=O) groups is 1. The average molecular weight is 329 g/mol. The summed E-state index contributed by atoms with van der Waals surface area (Å²) in [4.78, 5) is 16.2. The van der Waals surface area contributed by atoms with Crippen molar-refractivity contribution in [1.29, 1.82) is 0 Å². The van der Waals surface area contributed by atoms with E-state index in [4.69, 9.17) is 0 Å². The van der Waals surface area contributed by atoms with Gasteiger partial charge in [0.05, 0.1) is 0 Å². The first-order valence-corrected chi connectivity index (χ1v) is 9.32. The first kappa shape index (κ1) is 17.4. The minimum absolute atomic E-state index is 0.0156. The fourth-order valence-electron chi connectivity index (χ4n) is 4.23. The molecule has 2 fully saturated rings. The van der Waals surface area contributed by atoms with Crippen molar-refractivity contribution in [3.8, 4) is 0 Å². The normalized spacial score (nSPS) is 22.2. The minimum atomic E-state index is -0.0156. The van der Waals surface area contributed by atoms with E-state index in [1.54, 1.807) is 6.92 Å². The lowest BCUT2D eigenvalue weighted by Gasteiger charge is -2.41. The quantitative estimate of drug-likeness (QED) is 0.924. The second-order valence-electron chi connectivity index (χ2n) is 7.81. The zero-order valence-corrected chi connectivity index (χ0v) is 15.2. The topological polar surface area (TPSA) is 35.6 Å². The number of piperidine rings is 1. The molecule has 0 saturated carbocycles. The third-order valence-electron chi connectivity index (χ3n) is 5.87. The maximum atomic E-state index is 11.1. The van der Waals surface area contributed by atoms with Crippen LogP contribution in [-0.2, 0) is 11.3 Å². The largest absolute Gasteiger partial charge is 0.326 e. The molecule has 1 aromatic rings. The van der Waals surface area contributed by atoms with Gasteiger partial charge in [0.25, 0.3) is 0 Å². The van der Waals surface area contributed by atoms with Crippen LogP contribution in [0.1, 0.15) is 44.6 Å². The number of anilines is 1. The summed E-state index contributed by atoms with van der Waals surface area (Å²) in [6, 6.07) is 8.28. The van der Waals surface area contributed by atoms with E-state index in [-0.39, 0.29) is 5.91 Å². The molecule has 2 saturated heterocycles. The Morgan fingerprint density at radius 3 is 2.38 bits per heavy atom. The van der Waals surface area contributed by atoms with Crippen molar-refractivity contribution >= 4 is 11.6 Å². The summed E-state index contributed by atoms with van der Waals surface area (Å²) < 4.78 is 0. The molecule has 1 spiro atoms. The third-order valence-corrected chi connectivity index (χ3v) is 5.87. The van der Waals surface area contributed by atoms with Crippen LogP contribution in [0.2, 0.25) is 0 Å². The van der Waals surface area contributed by atoms with Gasteiger partial charge in [0.2, 0.25) is 5.91 Å². The summed E-state index contributed by atoms with van der Waals surface area (Å²) >= 11 is 0. The molecular weight excluding hydrogens is 298 g/mol. The van der Waals surface area contributed by atoms with Gasteiger partial charge in [-0.2, -0.15) is 0 Å². The van der Waals surface area contributed by atoms with Gasteiger partial charge in [0, 0.05) is 19.2 Å². The monoisotopic (exact) mass is 329 g/mol. The lowest BCUT2D eigenvalue weighted by molar-refractivity contribution is -0.114. The number of rotatable bonds is 3. The highest BCUT2D eigenvalue weighted by atomic mass is 16.1. The number of hydrogen-bond acceptors (Lipinski definition) is 3. The Morgan fingerprint density at radius 2 is 1.71 bits per heavy atom. The van der Waals surface area contributed by atoms with Crippen molar-refractivity contribution < 1.29 is 4.79 Å². The molecule has 0 unspecified atom stereocenters. The van der Waals surface area contributed by atoms with E-state index in [0.29, 0.717) is 5.41 Å². The van der Waals surface area contributed by atoms with Gasteiger partial charge >= 0.3 is 0 Å². The van der Waals surface area contributed by atoms with E-state index in [1.807, 2.05) is 12.1 Å². The highest BCUT2D eigenvalue weighted by molar-refractivity contribution is 5.88. The van der Waals surface area contributed by atoms with Gasteiger partial charge in [-0.05, 0) is 88.4 Å². The van der Waals surface area contributed by atoms with Crippen LogP contribution < -0.4 is 5.32 Å². The molecular formula is C20H31N3O. The lowest BCUT2D eigenvalue weighted by atomic mass is 9.73. The maximum Gasteiger partial charge on any atom is 0.221 e. The predicted molar refractivity (Wildman–Crippen MR) is 99.0 cm³/mol. The molecule has 0 aromatic heterocycles. The number of carbonyl (C=O) groups excluding carboxylic acids is 1. The summed E-state index contributed by atoms with van der Waals surface area (Å²) in [5.74, 6) is -0.0156. The SMILES string of the molecule is CC(=O)Nc1ccc(CN2CCC3(CCCN(C)CC3)CC2)cc1. The van der Waals surface area contributed by atoms with Crippen LogP contribution in [-0.4, -0.2) is 48.9 Å². The van der Waals surface area contributed by atoms with Crippen molar-refractivity contribution in [3.63, 3.8) is 0 Å². The highest BCUT2D eigenvalue weighted by Crippen LogP contribution is 2.41.